The first kappa shape index (κ1) is 15.6. The second-order valence-electron chi connectivity index (χ2n) is 5.61. The highest BCUT2D eigenvalue weighted by Crippen LogP contribution is 2.19. The van der Waals surface area contributed by atoms with Gasteiger partial charge in [-0.3, -0.25) is 0 Å². The van der Waals surface area contributed by atoms with Gasteiger partial charge in [0.1, 0.15) is 5.82 Å². The molecule has 120 valence electrons. The quantitative estimate of drug-likeness (QED) is 0.757. The van der Waals surface area contributed by atoms with Gasteiger partial charge in [0.15, 0.2) is 0 Å². The summed E-state index contributed by atoms with van der Waals surface area (Å²) in [7, 11) is 0. The van der Waals surface area contributed by atoms with E-state index in [1.54, 1.807) is 6.20 Å². The van der Waals surface area contributed by atoms with Gasteiger partial charge in [-0.25, -0.2) is 9.78 Å². The van der Waals surface area contributed by atoms with E-state index >= 15 is 0 Å². The molecule has 2 aromatic rings. The lowest BCUT2D eigenvalue weighted by molar-refractivity contribution is 0.251. The summed E-state index contributed by atoms with van der Waals surface area (Å²) < 4.78 is 0. The summed E-state index contributed by atoms with van der Waals surface area (Å²) in [5, 5.41) is 9.65. The number of carbonyl (C=O) groups is 1. The van der Waals surface area contributed by atoms with Crippen LogP contribution in [-0.2, 0) is 6.42 Å². The van der Waals surface area contributed by atoms with Crippen molar-refractivity contribution in [2.45, 2.75) is 25.3 Å². The number of amides is 2. The molecule has 0 radical (unpaired) electrons. The van der Waals surface area contributed by atoms with E-state index in [2.05, 4.69) is 20.9 Å². The predicted octanol–water partition coefficient (Wildman–Crippen LogP) is 3.67. The van der Waals surface area contributed by atoms with Gasteiger partial charge in [-0.2, -0.15) is 0 Å². The molecule has 1 aliphatic rings. The number of hydrogen-bond acceptors (Lipinski definition) is 3. The average Bonchev–Trinajstić information content (AvgIpc) is 3.33. The number of anilines is 2. The Morgan fingerprint density at radius 2 is 2.13 bits per heavy atom. The zero-order chi connectivity index (χ0) is 16.1. The van der Waals surface area contributed by atoms with Crippen LogP contribution in [0.3, 0.4) is 0 Å². The minimum atomic E-state index is -0.170. The van der Waals surface area contributed by atoms with Crippen molar-refractivity contribution in [1.29, 1.82) is 0 Å². The van der Waals surface area contributed by atoms with Gasteiger partial charge in [-0.05, 0) is 49.1 Å². The summed E-state index contributed by atoms with van der Waals surface area (Å²) in [6.45, 7) is 0.766. The molecule has 1 fully saturated rings. The molecule has 23 heavy (non-hydrogen) atoms. The van der Waals surface area contributed by atoms with Crippen molar-refractivity contribution in [3.63, 3.8) is 0 Å². The molecule has 5 nitrogen and oxygen atoms in total. The number of halogens is 1. The van der Waals surface area contributed by atoms with Crippen LogP contribution in [0.25, 0.3) is 0 Å². The highest BCUT2D eigenvalue weighted by molar-refractivity contribution is 6.30. The van der Waals surface area contributed by atoms with Gasteiger partial charge in [0.2, 0.25) is 0 Å². The number of carbonyl (C=O) groups excluding carboxylic acids is 1. The zero-order valence-electron chi connectivity index (χ0n) is 12.7. The molecule has 0 saturated heterocycles. The van der Waals surface area contributed by atoms with Crippen molar-refractivity contribution >= 4 is 29.1 Å². The Bertz CT molecular complexity index is 671. The molecule has 0 atom stereocenters. The third-order valence-corrected chi connectivity index (χ3v) is 3.78. The fraction of sp³-hybridized carbons (Fsp3) is 0.294. The van der Waals surface area contributed by atoms with E-state index in [0.29, 0.717) is 11.7 Å². The van der Waals surface area contributed by atoms with E-state index in [1.165, 1.54) is 5.56 Å². The molecule has 1 aliphatic carbocycles. The van der Waals surface area contributed by atoms with E-state index in [9.17, 15) is 4.79 Å². The third-order valence-electron chi connectivity index (χ3n) is 3.54. The predicted molar refractivity (Wildman–Crippen MR) is 93.1 cm³/mol. The molecule has 2 amide bonds. The summed E-state index contributed by atoms with van der Waals surface area (Å²) in [6, 6.07) is 11.7. The Balaban J connectivity index is 1.44. The minimum absolute atomic E-state index is 0.170. The van der Waals surface area contributed by atoms with Crippen molar-refractivity contribution in [3.8, 4) is 0 Å². The molecule has 0 spiro atoms. The first-order chi connectivity index (χ1) is 11.2. The second kappa shape index (κ2) is 7.33. The van der Waals surface area contributed by atoms with E-state index < -0.39 is 0 Å². The van der Waals surface area contributed by atoms with E-state index in [4.69, 9.17) is 11.6 Å². The van der Waals surface area contributed by atoms with Gasteiger partial charge in [-0.15, -0.1) is 0 Å². The van der Waals surface area contributed by atoms with E-state index in [0.717, 1.165) is 36.6 Å². The molecule has 1 heterocycles. The average molecular weight is 331 g/mol. The molecule has 0 aliphatic heterocycles. The van der Waals surface area contributed by atoms with Crippen molar-refractivity contribution in [2.75, 3.05) is 17.2 Å². The Hall–Kier alpha value is -2.27. The first-order valence-electron chi connectivity index (χ1n) is 7.71. The standard InChI is InChI=1S/C17H19ClN4O/c18-13-3-1-2-12(10-13)8-9-19-16-7-6-15(11-20-16)22-17(23)21-14-4-5-14/h1-3,6-7,10-11,14H,4-5,8-9H2,(H,19,20)(H2,21,22,23). The fourth-order valence-corrected chi connectivity index (χ4v) is 2.39. The van der Waals surface area contributed by atoms with E-state index in [-0.39, 0.29) is 6.03 Å². The van der Waals surface area contributed by atoms with Crippen LogP contribution < -0.4 is 16.0 Å². The summed E-state index contributed by atoms with van der Waals surface area (Å²) in [6.07, 6.45) is 4.66. The highest BCUT2D eigenvalue weighted by atomic mass is 35.5. The Morgan fingerprint density at radius 1 is 1.26 bits per heavy atom. The van der Waals surface area contributed by atoms with Gasteiger partial charge in [-0.1, -0.05) is 23.7 Å². The zero-order valence-corrected chi connectivity index (χ0v) is 13.4. The maximum absolute atomic E-state index is 11.6. The lowest BCUT2D eigenvalue weighted by Crippen LogP contribution is -2.30. The number of nitrogens with zero attached hydrogens (tertiary/aromatic N) is 1. The molecule has 3 N–H and O–H groups in total. The number of hydrogen-bond donors (Lipinski definition) is 3. The SMILES string of the molecule is O=C(Nc1ccc(NCCc2cccc(Cl)c2)nc1)NC1CC1. The normalized spacial score (nSPS) is 13.4. The Kier molecular flexibility index (Phi) is 4.98. The minimum Gasteiger partial charge on any atom is -0.370 e. The first-order valence-corrected chi connectivity index (χ1v) is 8.09. The maximum atomic E-state index is 11.6. The number of pyridine rings is 1. The van der Waals surface area contributed by atoms with Crippen LogP contribution in [0.4, 0.5) is 16.3 Å². The van der Waals surface area contributed by atoms with E-state index in [1.807, 2.05) is 36.4 Å². The van der Waals surface area contributed by atoms with Crippen molar-refractivity contribution in [3.05, 3.63) is 53.2 Å². The lowest BCUT2D eigenvalue weighted by Gasteiger charge is -2.08. The highest BCUT2D eigenvalue weighted by Gasteiger charge is 2.23. The van der Waals surface area contributed by atoms with Gasteiger partial charge >= 0.3 is 6.03 Å². The second-order valence-corrected chi connectivity index (χ2v) is 6.05. The summed E-state index contributed by atoms with van der Waals surface area (Å²) >= 11 is 5.96. The number of aromatic nitrogens is 1. The molecular weight excluding hydrogens is 312 g/mol. The molecule has 1 aromatic carbocycles. The smallest absolute Gasteiger partial charge is 0.319 e. The van der Waals surface area contributed by atoms with Gasteiger partial charge in [0.25, 0.3) is 0 Å². The topological polar surface area (TPSA) is 66.0 Å². The van der Waals surface area contributed by atoms with Crippen LogP contribution >= 0.6 is 11.6 Å². The summed E-state index contributed by atoms with van der Waals surface area (Å²) in [5.41, 5.74) is 1.86. The molecule has 6 heteroatoms. The van der Waals surface area contributed by atoms with Crippen LogP contribution in [0, 0.1) is 0 Å². The van der Waals surface area contributed by atoms with Gasteiger partial charge in [0, 0.05) is 17.6 Å². The molecule has 0 unspecified atom stereocenters. The number of nitrogens with one attached hydrogen (secondary N) is 3. The summed E-state index contributed by atoms with van der Waals surface area (Å²) in [4.78, 5) is 15.9. The molecule has 3 rings (SSSR count). The maximum Gasteiger partial charge on any atom is 0.319 e. The number of benzene rings is 1. The van der Waals surface area contributed by atoms with Crippen molar-refractivity contribution in [1.82, 2.24) is 10.3 Å². The molecule has 1 aromatic heterocycles. The monoisotopic (exact) mass is 330 g/mol. The van der Waals surface area contributed by atoms with Crippen LogP contribution in [0.5, 0.6) is 0 Å². The van der Waals surface area contributed by atoms with Crippen LogP contribution in [-0.4, -0.2) is 23.6 Å². The number of urea groups is 1. The summed E-state index contributed by atoms with van der Waals surface area (Å²) in [5.74, 6) is 0.778. The van der Waals surface area contributed by atoms with Crippen LogP contribution in [0.2, 0.25) is 5.02 Å². The number of rotatable bonds is 6. The van der Waals surface area contributed by atoms with Gasteiger partial charge in [0.05, 0.1) is 11.9 Å². The Labute approximate surface area is 140 Å². The van der Waals surface area contributed by atoms with Crippen LogP contribution in [0.15, 0.2) is 42.6 Å². The molecular formula is C17H19ClN4O. The largest absolute Gasteiger partial charge is 0.370 e. The molecule has 0 bridgehead atoms. The molecule has 1 saturated carbocycles. The third kappa shape index (κ3) is 5.14. The van der Waals surface area contributed by atoms with Crippen molar-refractivity contribution < 1.29 is 4.79 Å². The van der Waals surface area contributed by atoms with Crippen molar-refractivity contribution in [2.24, 2.45) is 0 Å². The Morgan fingerprint density at radius 3 is 2.83 bits per heavy atom. The lowest BCUT2D eigenvalue weighted by atomic mass is 10.1. The van der Waals surface area contributed by atoms with Crippen LogP contribution in [0.1, 0.15) is 18.4 Å². The fourth-order valence-electron chi connectivity index (χ4n) is 2.18. The van der Waals surface area contributed by atoms with Gasteiger partial charge < -0.3 is 16.0 Å².